The number of carbonyl (C=O) groups is 1. The lowest BCUT2D eigenvalue weighted by atomic mass is 10.2. The third-order valence-electron chi connectivity index (χ3n) is 4.53. The van der Waals surface area contributed by atoms with Crippen LogP contribution >= 0.6 is 0 Å². The summed E-state index contributed by atoms with van der Waals surface area (Å²) in [5.41, 5.74) is 1.61. The zero-order chi connectivity index (χ0) is 21.6. The zero-order valence-corrected chi connectivity index (χ0v) is 18.6. The number of benzene rings is 2. The van der Waals surface area contributed by atoms with Gasteiger partial charge in [0.25, 0.3) is 0 Å². The number of unbranched alkanes of at least 4 members (excludes halogenated alkanes) is 4. The molecule has 0 aliphatic rings. The maximum absolute atomic E-state index is 12.2. The van der Waals surface area contributed by atoms with Gasteiger partial charge in [-0.05, 0) is 48.7 Å². The van der Waals surface area contributed by atoms with Gasteiger partial charge in [0.1, 0.15) is 11.5 Å². The van der Waals surface area contributed by atoms with Crippen molar-refractivity contribution in [1.29, 1.82) is 0 Å². The number of hydrogen-bond donors (Lipinski definition) is 2. The molecule has 5 nitrogen and oxygen atoms in total. The SMILES string of the molecule is CCCCCCCOc1ccc(NC(=O)CNc2cccc(OCC(C)C)c2)cc1. The smallest absolute Gasteiger partial charge is 0.243 e. The molecule has 2 rings (SSSR count). The first-order valence-electron chi connectivity index (χ1n) is 11.1. The molecule has 0 aromatic heterocycles. The highest BCUT2D eigenvalue weighted by Gasteiger charge is 2.04. The van der Waals surface area contributed by atoms with E-state index in [1.807, 2.05) is 48.5 Å². The fourth-order valence-corrected chi connectivity index (χ4v) is 2.88. The van der Waals surface area contributed by atoms with E-state index in [1.165, 1.54) is 25.7 Å². The molecule has 5 heteroatoms. The van der Waals surface area contributed by atoms with Crippen LogP contribution in [0.1, 0.15) is 52.9 Å². The number of nitrogens with one attached hydrogen (secondary N) is 2. The predicted octanol–water partition coefficient (Wildman–Crippen LogP) is 6.12. The number of ether oxygens (including phenoxy) is 2. The van der Waals surface area contributed by atoms with Gasteiger partial charge in [0.2, 0.25) is 5.91 Å². The molecule has 0 saturated carbocycles. The Labute approximate surface area is 181 Å². The Hall–Kier alpha value is -2.69. The van der Waals surface area contributed by atoms with Crippen molar-refractivity contribution in [1.82, 2.24) is 0 Å². The molecular formula is C25H36N2O3. The van der Waals surface area contributed by atoms with Crippen LogP contribution in [-0.2, 0) is 4.79 Å². The molecule has 30 heavy (non-hydrogen) atoms. The molecule has 0 atom stereocenters. The van der Waals surface area contributed by atoms with Gasteiger partial charge in [-0.25, -0.2) is 0 Å². The quantitative estimate of drug-likeness (QED) is 0.367. The Balaban J connectivity index is 1.70. The van der Waals surface area contributed by atoms with Crippen LogP contribution in [0.4, 0.5) is 11.4 Å². The summed E-state index contributed by atoms with van der Waals surface area (Å²) >= 11 is 0. The van der Waals surface area contributed by atoms with E-state index >= 15 is 0 Å². The van der Waals surface area contributed by atoms with Crippen molar-refractivity contribution in [2.24, 2.45) is 5.92 Å². The summed E-state index contributed by atoms with van der Waals surface area (Å²) < 4.78 is 11.5. The van der Waals surface area contributed by atoms with Gasteiger partial charge in [0.05, 0.1) is 19.8 Å². The van der Waals surface area contributed by atoms with Crippen molar-refractivity contribution in [2.75, 3.05) is 30.4 Å². The number of carbonyl (C=O) groups excluding carboxylic acids is 1. The number of anilines is 2. The van der Waals surface area contributed by atoms with E-state index in [9.17, 15) is 4.79 Å². The molecular weight excluding hydrogens is 376 g/mol. The summed E-state index contributed by atoms with van der Waals surface area (Å²) in [6.45, 7) is 8.03. The van der Waals surface area contributed by atoms with Crippen LogP contribution in [0.3, 0.4) is 0 Å². The third kappa shape index (κ3) is 9.68. The fourth-order valence-electron chi connectivity index (χ4n) is 2.88. The average Bonchev–Trinajstić information content (AvgIpc) is 2.75. The van der Waals surface area contributed by atoms with Gasteiger partial charge in [-0.2, -0.15) is 0 Å². The van der Waals surface area contributed by atoms with Gasteiger partial charge in [-0.15, -0.1) is 0 Å². The van der Waals surface area contributed by atoms with E-state index in [0.717, 1.165) is 35.9 Å². The van der Waals surface area contributed by atoms with E-state index < -0.39 is 0 Å². The van der Waals surface area contributed by atoms with E-state index in [-0.39, 0.29) is 12.5 Å². The Kier molecular flexibility index (Phi) is 10.6. The van der Waals surface area contributed by atoms with Crippen LogP contribution < -0.4 is 20.1 Å². The minimum atomic E-state index is -0.104. The van der Waals surface area contributed by atoms with Crippen molar-refractivity contribution in [3.8, 4) is 11.5 Å². The molecule has 0 fully saturated rings. The van der Waals surface area contributed by atoms with E-state index in [0.29, 0.717) is 12.5 Å². The van der Waals surface area contributed by atoms with Crippen LogP contribution in [0.5, 0.6) is 11.5 Å². The van der Waals surface area contributed by atoms with Gasteiger partial charge in [-0.3, -0.25) is 4.79 Å². The molecule has 0 heterocycles. The highest BCUT2D eigenvalue weighted by molar-refractivity contribution is 5.93. The summed E-state index contributed by atoms with van der Waals surface area (Å²) in [4.78, 5) is 12.2. The fraction of sp³-hybridized carbons (Fsp3) is 0.480. The van der Waals surface area contributed by atoms with E-state index in [2.05, 4.69) is 31.4 Å². The molecule has 2 aromatic carbocycles. The first-order chi connectivity index (χ1) is 14.6. The normalized spacial score (nSPS) is 10.7. The van der Waals surface area contributed by atoms with Crippen LogP contribution in [-0.4, -0.2) is 25.7 Å². The molecule has 2 N–H and O–H groups in total. The number of amides is 1. The second kappa shape index (κ2) is 13.5. The third-order valence-corrected chi connectivity index (χ3v) is 4.53. The maximum Gasteiger partial charge on any atom is 0.243 e. The Morgan fingerprint density at radius 3 is 2.40 bits per heavy atom. The molecule has 0 aliphatic carbocycles. The largest absolute Gasteiger partial charge is 0.494 e. The minimum absolute atomic E-state index is 0.104. The number of hydrogen-bond acceptors (Lipinski definition) is 4. The first-order valence-corrected chi connectivity index (χ1v) is 11.1. The summed E-state index contributed by atoms with van der Waals surface area (Å²) in [5, 5.41) is 6.03. The Morgan fingerprint density at radius 1 is 0.900 bits per heavy atom. The molecule has 0 saturated heterocycles. The van der Waals surface area contributed by atoms with Crippen LogP contribution in [0, 0.1) is 5.92 Å². The highest BCUT2D eigenvalue weighted by Crippen LogP contribution is 2.19. The van der Waals surface area contributed by atoms with Crippen molar-refractivity contribution >= 4 is 17.3 Å². The monoisotopic (exact) mass is 412 g/mol. The molecule has 0 spiro atoms. The van der Waals surface area contributed by atoms with Gasteiger partial charge in [-0.1, -0.05) is 52.5 Å². The molecule has 0 unspecified atom stereocenters. The van der Waals surface area contributed by atoms with E-state index in [1.54, 1.807) is 0 Å². The Bertz CT molecular complexity index is 744. The lowest BCUT2D eigenvalue weighted by Gasteiger charge is -2.12. The predicted molar refractivity (Wildman–Crippen MR) is 125 cm³/mol. The molecule has 0 aliphatic heterocycles. The van der Waals surface area contributed by atoms with Crippen molar-refractivity contribution in [3.63, 3.8) is 0 Å². The molecule has 0 bridgehead atoms. The summed E-state index contributed by atoms with van der Waals surface area (Å²) in [7, 11) is 0. The Morgan fingerprint density at radius 2 is 1.67 bits per heavy atom. The van der Waals surface area contributed by atoms with Crippen molar-refractivity contribution in [2.45, 2.75) is 52.9 Å². The van der Waals surface area contributed by atoms with Gasteiger partial charge in [0, 0.05) is 17.4 Å². The minimum Gasteiger partial charge on any atom is -0.494 e. The molecule has 1 amide bonds. The molecule has 164 valence electrons. The summed E-state index contributed by atoms with van der Waals surface area (Å²) in [6, 6.07) is 15.2. The second-order valence-electron chi connectivity index (χ2n) is 7.92. The van der Waals surface area contributed by atoms with Gasteiger partial charge < -0.3 is 20.1 Å². The van der Waals surface area contributed by atoms with Crippen LogP contribution in [0.15, 0.2) is 48.5 Å². The second-order valence-corrected chi connectivity index (χ2v) is 7.92. The summed E-state index contributed by atoms with van der Waals surface area (Å²) in [5.74, 6) is 2.00. The lowest BCUT2D eigenvalue weighted by Crippen LogP contribution is -2.21. The average molecular weight is 413 g/mol. The maximum atomic E-state index is 12.2. The van der Waals surface area contributed by atoms with Crippen molar-refractivity contribution in [3.05, 3.63) is 48.5 Å². The lowest BCUT2D eigenvalue weighted by molar-refractivity contribution is -0.114. The van der Waals surface area contributed by atoms with Crippen LogP contribution in [0.2, 0.25) is 0 Å². The van der Waals surface area contributed by atoms with Crippen LogP contribution in [0.25, 0.3) is 0 Å². The number of rotatable bonds is 14. The highest BCUT2D eigenvalue weighted by atomic mass is 16.5. The van der Waals surface area contributed by atoms with E-state index in [4.69, 9.17) is 9.47 Å². The zero-order valence-electron chi connectivity index (χ0n) is 18.6. The van der Waals surface area contributed by atoms with Gasteiger partial charge in [0.15, 0.2) is 0 Å². The molecule has 0 radical (unpaired) electrons. The first kappa shape index (κ1) is 23.6. The molecule has 2 aromatic rings. The van der Waals surface area contributed by atoms with Gasteiger partial charge >= 0.3 is 0 Å². The van der Waals surface area contributed by atoms with Crippen molar-refractivity contribution < 1.29 is 14.3 Å². The summed E-state index contributed by atoms with van der Waals surface area (Å²) in [6.07, 6.45) is 6.10. The standard InChI is InChI=1S/C25H36N2O3/c1-4-5-6-7-8-16-29-23-14-12-21(13-15-23)27-25(28)18-26-22-10-9-11-24(17-22)30-19-20(2)3/h9-15,17,20,26H,4-8,16,18-19H2,1-3H3,(H,27,28). The topological polar surface area (TPSA) is 59.6 Å².